The summed E-state index contributed by atoms with van der Waals surface area (Å²) in [6, 6.07) is 0. The molecule has 2 bridgehead atoms. The number of carbonyl (C=O) groups is 1. The van der Waals surface area contributed by atoms with Crippen molar-refractivity contribution in [3.8, 4) is 0 Å². The number of carbonyl (C=O) groups excluding carboxylic acids is 1. The number of hydrogen-bond donors (Lipinski definition) is 0. The first-order valence-corrected chi connectivity index (χ1v) is 7.99. The summed E-state index contributed by atoms with van der Waals surface area (Å²) in [5, 5.41) is 0. The second-order valence-corrected chi connectivity index (χ2v) is 7.40. The number of piperidine rings is 2. The fraction of sp³-hybridized carbons (Fsp3) is 0.938. The average molecular weight is 328 g/mol. The molecule has 0 aromatic rings. The molecule has 108 valence electrons. The summed E-state index contributed by atoms with van der Waals surface area (Å²) < 4.78 is 0. The zero-order valence-electron chi connectivity index (χ0n) is 11.9. The number of hydrogen-bond acceptors (Lipinski definition) is 2. The van der Waals surface area contributed by atoms with Crippen molar-refractivity contribution >= 4 is 22.8 Å². The molecule has 0 aromatic carbocycles. The monoisotopic (exact) mass is 327 g/mol. The first kappa shape index (κ1) is 14.1. The van der Waals surface area contributed by atoms with Crippen LogP contribution in [0.4, 0.5) is 0 Å². The lowest BCUT2D eigenvalue weighted by atomic mass is 9.48. The van der Waals surface area contributed by atoms with Crippen LogP contribution in [0.3, 0.4) is 0 Å². The van der Waals surface area contributed by atoms with E-state index in [1.165, 1.54) is 51.6 Å². The number of rotatable bonds is 0. The number of Topliss-reactive ketones (excluding diaryl/α,β-unsaturated/α-hetero) is 1. The summed E-state index contributed by atoms with van der Waals surface area (Å²) in [4.78, 5) is 15.3. The highest BCUT2D eigenvalue weighted by Crippen LogP contribution is 2.59. The van der Waals surface area contributed by atoms with Crippen LogP contribution in [0.25, 0.3) is 0 Å². The predicted molar refractivity (Wildman–Crippen MR) is 81.6 cm³/mol. The van der Waals surface area contributed by atoms with E-state index < -0.39 is 0 Å². The van der Waals surface area contributed by atoms with Gasteiger partial charge in [0.15, 0.2) is 0 Å². The summed E-state index contributed by atoms with van der Waals surface area (Å²) in [5.74, 6) is 3.43. The van der Waals surface area contributed by atoms with Crippen molar-refractivity contribution in [2.45, 2.75) is 57.4 Å². The number of ketones is 1. The minimum absolute atomic E-state index is 0. The Morgan fingerprint density at radius 1 is 1.21 bits per heavy atom. The maximum Gasteiger partial charge on any atom is 0.138 e. The first-order valence-electron chi connectivity index (χ1n) is 7.99. The van der Waals surface area contributed by atoms with Crippen molar-refractivity contribution < 1.29 is 4.79 Å². The molecular formula is C16H26BrNO. The molecule has 1 spiro atoms. The summed E-state index contributed by atoms with van der Waals surface area (Å²) in [7, 11) is 0. The SMILES string of the molecule is Br.CC1C[C@H]2CC(=O)[C@H]3CCCN4CCC[C@H]2[C@]34C1. The molecule has 2 aliphatic heterocycles. The number of nitrogens with zero attached hydrogens (tertiary/aromatic N) is 1. The van der Waals surface area contributed by atoms with Crippen molar-refractivity contribution in [1.29, 1.82) is 0 Å². The zero-order valence-corrected chi connectivity index (χ0v) is 13.7. The smallest absolute Gasteiger partial charge is 0.138 e. The van der Waals surface area contributed by atoms with E-state index in [2.05, 4.69) is 11.8 Å². The van der Waals surface area contributed by atoms with Gasteiger partial charge in [-0.3, -0.25) is 9.69 Å². The third kappa shape index (κ3) is 1.80. The number of halogens is 1. The lowest BCUT2D eigenvalue weighted by Crippen LogP contribution is -2.71. The van der Waals surface area contributed by atoms with Crippen LogP contribution >= 0.6 is 17.0 Å². The summed E-state index contributed by atoms with van der Waals surface area (Å²) in [6.07, 6.45) is 8.75. The Morgan fingerprint density at radius 2 is 1.95 bits per heavy atom. The van der Waals surface area contributed by atoms with Gasteiger partial charge in [0.2, 0.25) is 0 Å². The third-order valence-electron chi connectivity index (χ3n) is 6.50. The van der Waals surface area contributed by atoms with Gasteiger partial charge in [0, 0.05) is 17.9 Å². The van der Waals surface area contributed by atoms with Gasteiger partial charge in [-0.15, -0.1) is 17.0 Å². The Morgan fingerprint density at radius 3 is 2.74 bits per heavy atom. The molecular weight excluding hydrogens is 302 g/mol. The van der Waals surface area contributed by atoms with Gasteiger partial charge in [0.25, 0.3) is 0 Å². The van der Waals surface area contributed by atoms with Crippen LogP contribution in [-0.2, 0) is 4.79 Å². The van der Waals surface area contributed by atoms with Crippen molar-refractivity contribution in [3.63, 3.8) is 0 Å². The molecule has 2 saturated carbocycles. The minimum Gasteiger partial charge on any atom is -0.299 e. The predicted octanol–water partition coefficient (Wildman–Crippen LogP) is 3.44. The Kier molecular flexibility index (Phi) is 3.58. The lowest BCUT2D eigenvalue weighted by molar-refractivity contribution is -0.172. The maximum absolute atomic E-state index is 12.5. The molecule has 4 aliphatic rings. The Labute approximate surface area is 127 Å². The Balaban J connectivity index is 0.00000110. The van der Waals surface area contributed by atoms with Gasteiger partial charge >= 0.3 is 0 Å². The second-order valence-electron chi connectivity index (χ2n) is 7.40. The van der Waals surface area contributed by atoms with Crippen LogP contribution in [0, 0.1) is 23.7 Å². The topological polar surface area (TPSA) is 20.3 Å². The summed E-state index contributed by atoms with van der Waals surface area (Å²) >= 11 is 0. The largest absolute Gasteiger partial charge is 0.299 e. The summed E-state index contributed by atoms with van der Waals surface area (Å²) in [5.41, 5.74) is 0.314. The van der Waals surface area contributed by atoms with Crippen molar-refractivity contribution in [1.82, 2.24) is 4.90 Å². The zero-order chi connectivity index (χ0) is 12.3. The molecule has 1 unspecified atom stereocenters. The highest BCUT2D eigenvalue weighted by Gasteiger charge is 2.62. The van der Waals surface area contributed by atoms with Gasteiger partial charge in [-0.1, -0.05) is 6.92 Å². The molecule has 19 heavy (non-hydrogen) atoms. The highest BCUT2D eigenvalue weighted by molar-refractivity contribution is 8.93. The van der Waals surface area contributed by atoms with E-state index >= 15 is 0 Å². The van der Waals surface area contributed by atoms with E-state index in [0.717, 1.165) is 24.2 Å². The van der Waals surface area contributed by atoms with Crippen LogP contribution in [0.1, 0.15) is 51.9 Å². The van der Waals surface area contributed by atoms with E-state index in [0.29, 0.717) is 17.2 Å². The Bertz CT molecular complexity index is 383. The molecule has 0 amide bonds. The molecule has 3 heteroatoms. The fourth-order valence-corrected chi connectivity index (χ4v) is 6.18. The molecule has 4 rings (SSSR count). The van der Waals surface area contributed by atoms with E-state index in [1.807, 2.05) is 0 Å². The molecule has 0 aromatic heterocycles. The highest BCUT2D eigenvalue weighted by atomic mass is 79.9. The third-order valence-corrected chi connectivity index (χ3v) is 6.50. The second kappa shape index (κ2) is 4.84. The van der Waals surface area contributed by atoms with Crippen LogP contribution < -0.4 is 0 Å². The van der Waals surface area contributed by atoms with Gasteiger partial charge in [-0.25, -0.2) is 0 Å². The molecule has 4 fully saturated rings. The van der Waals surface area contributed by atoms with Crippen molar-refractivity contribution in [3.05, 3.63) is 0 Å². The maximum atomic E-state index is 12.5. The molecule has 2 aliphatic carbocycles. The van der Waals surface area contributed by atoms with Gasteiger partial charge in [0.05, 0.1) is 0 Å². The lowest BCUT2D eigenvalue weighted by Gasteiger charge is -2.65. The van der Waals surface area contributed by atoms with Crippen LogP contribution in [-0.4, -0.2) is 29.3 Å². The Hall–Kier alpha value is 0.110. The quantitative estimate of drug-likeness (QED) is 0.679. The normalized spacial score (nSPS) is 49.2. The van der Waals surface area contributed by atoms with E-state index in [9.17, 15) is 4.79 Å². The van der Waals surface area contributed by atoms with Crippen LogP contribution in [0.15, 0.2) is 0 Å². The van der Waals surface area contributed by atoms with E-state index in [1.54, 1.807) is 0 Å². The van der Waals surface area contributed by atoms with Crippen molar-refractivity contribution in [2.75, 3.05) is 13.1 Å². The molecule has 0 radical (unpaired) electrons. The average Bonchev–Trinajstić information content (AvgIpc) is 2.33. The van der Waals surface area contributed by atoms with Gasteiger partial charge in [-0.2, -0.15) is 0 Å². The van der Waals surface area contributed by atoms with Gasteiger partial charge < -0.3 is 0 Å². The molecule has 2 nitrogen and oxygen atoms in total. The first-order chi connectivity index (χ1) is 8.72. The molecule has 0 N–H and O–H groups in total. The van der Waals surface area contributed by atoms with Crippen LogP contribution in [0.2, 0.25) is 0 Å². The molecule has 2 saturated heterocycles. The van der Waals surface area contributed by atoms with Gasteiger partial charge in [-0.05, 0) is 69.4 Å². The minimum atomic E-state index is 0. The van der Waals surface area contributed by atoms with E-state index in [-0.39, 0.29) is 17.0 Å². The van der Waals surface area contributed by atoms with Crippen LogP contribution in [0.5, 0.6) is 0 Å². The fourth-order valence-electron chi connectivity index (χ4n) is 6.18. The standard InChI is InChI=1S/C16H25NO.BrH/c1-11-8-12-9-15(18)14-5-3-7-17-6-2-4-13(12)16(14,17)10-11;/h11-14H,2-10H2,1H3;1H/t11?,12-,13+,14+,16+;/m0./s1. The van der Waals surface area contributed by atoms with Gasteiger partial charge in [0.1, 0.15) is 5.78 Å². The molecule has 5 atom stereocenters. The summed E-state index contributed by atoms with van der Waals surface area (Å²) in [6.45, 7) is 4.95. The van der Waals surface area contributed by atoms with E-state index in [4.69, 9.17) is 0 Å². The van der Waals surface area contributed by atoms with Crippen molar-refractivity contribution in [2.24, 2.45) is 23.7 Å². The molecule has 2 heterocycles.